The Labute approximate surface area is 164 Å². The van der Waals surface area contributed by atoms with Gasteiger partial charge in [0.2, 0.25) is 5.91 Å². The Morgan fingerprint density at radius 3 is 2.39 bits per heavy atom. The molecule has 1 aromatic heterocycles. The lowest BCUT2D eigenvalue weighted by molar-refractivity contribution is -0.132. The molecule has 0 unspecified atom stereocenters. The molecular weight excluding hydrogens is 354 g/mol. The first-order chi connectivity index (χ1) is 13.6. The molecule has 6 heteroatoms. The second kappa shape index (κ2) is 9.41. The van der Waals surface area contributed by atoms with Crippen LogP contribution in [0.5, 0.6) is 0 Å². The van der Waals surface area contributed by atoms with Crippen LogP contribution in [-0.4, -0.2) is 23.4 Å². The molecule has 28 heavy (non-hydrogen) atoms. The highest BCUT2D eigenvalue weighted by molar-refractivity contribution is 5.78. The van der Waals surface area contributed by atoms with Crippen molar-refractivity contribution in [2.24, 2.45) is 5.73 Å². The van der Waals surface area contributed by atoms with E-state index in [9.17, 15) is 9.59 Å². The van der Waals surface area contributed by atoms with Gasteiger partial charge in [-0.2, -0.15) is 0 Å². The van der Waals surface area contributed by atoms with E-state index < -0.39 is 6.03 Å². The lowest BCUT2D eigenvalue weighted by atomic mass is 9.99. The lowest BCUT2D eigenvalue weighted by Crippen LogP contribution is -2.35. The van der Waals surface area contributed by atoms with Crippen LogP contribution in [0.2, 0.25) is 0 Å². The third kappa shape index (κ3) is 5.23. The first kappa shape index (κ1) is 19.2. The van der Waals surface area contributed by atoms with Crippen LogP contribution < -0.4 is 11.1 Å². The second-order valence-electron chi connectivity index (χ2n) is 6.39. The molecule has 0 fully saturated rings. The summed E-state index contributed by atoms with van der Waals surface area (Å²) in [5.41, 5.74) is 8.30. The Bertz CT molecular complexity index is 908. The standard InChI is InChI=1S/C22H23N3O3/c23-22(27)24-13-12-21(26)25(16-19-10-6-14-28-19)15-18-9-4-5-11-20(18)17-7-2-1-3-8-17/h1-11,14H,12-13,15-16H2,(H3,23,24,27). The zero-order valence-electron chi connectivity index (χ0n) is 15.5. The summed E-state index contributed by atoms with van der Waals surface area (Å²) in [5.74, 6) is 0.612. The van der Waals surface area contributed by atoms with Gasteiger partial charge in [0.05, 0.1) is 12.8 Å². The fraction of sp³-hybridized carbons (Fsp3) is 0.182. The van der Waals surface area contributed by atoms with Crippen LogP contribution in [0.4, 0.5) is 4.79 Å². The zero-order chi connectivity index (χ0) is 19.8. The highest BCUT2D eigenvalue weighted by Gasteiger charge is 2.17. The van der Waals surface area contributed by atoms with Crippen molar-refractivity contribution >= 4 is 11.9 Å². The molecule has 3 aromatic rings. The predicted octanol–water partition coefficient (Wildman–Crippen LogP) is 3.53. The third-order valence-electron chi connectivity index (χ3n) is 4.38. The molecule has 0 saturated heterocycles. The van der Waals surface area contributed by atoms with Gasteiger partial charge in [-0.25, -0.2) is 4.79 Å². The number of furan rings is 1. The van der Waals surface area contributed by atoms with E-state index in [1.54, 1.807) is 17.2 Å². The molecule has 0 atom stereocenters. The lowest BCUT2D eigenvalue weighted by Gasteiger charge is -2.23. The van der Waals surface area contributed by atoms with E-state index >= 15 is 0 Å². The monoisotopic (exact) mass is 377 g/mol. The molecule has 144 valence electrons. The van der Waals surface area contributed by atoms with Crippen molar-refractivity contribution in [1.82, 2.24) is 10.2 Å². The number of primary amides is 1. The summed E-state index contributed by atoms with van der Waals surface area (Å²) in [5, 5.41) is 2.46. The van der Waals surface area contributed by atoms with Gasteiger partial charge in [-0.3, -0.25) is 4.79 Å². The fourth-order valence-corrected chi connectivity index (χ4v) is 3.04. The van der Waals surface area contributed by atoms with Gasteiger partial charge in [-0.05, 0) is 28.8 Å². The molecule has 3 amide bonds. The van der Waals surface area contributed by atoms with E-state index in [-0.39, 0.29) is 18.9 Å². The van der Waals surface area contributed by atoms with Crippen molar-refractivity contribution in [2.45, 2.75) is 19.5 Å². The molecule has 1 heterocycles. The van der Waals surface area contributed by atoms with Gasteiger partial charge in [-0.1, -0.05) is 54.6 Å². The van der Waals surface area contributed by atoms with Crippen molar-refractivity contribution in [1.29, 1.82) is 0 Å². The highest BCUT2D eigenvalue weighted by Crippen LogP contribution is 2.25. The Kier molecular flexibility index (Phi) is 6.46. The minimum absolute atomic E-state index is 0.0898. The number of urea groups is 1. The summed E-state index contributed by atoms with van der Waals surface area (Å²) < 4.78 is 5.43. The van der Waals surface area contributed by atoms with E-state index in [1.807, 2.05) is 54.6 Å². The van der Waals surface area contributed by atoms with E-state index in [4.69, 9.17) is 10.2 Å². The number of nitrogens with one attached hydrogen (secondary N) is 1. The summed E-state index contributed by atoms with van der Waals surface area (Å²) in [7, 11) is 0. The van der Waals surface area contributed by atoms with Crippen LogP contribution in [0.25, 0.3) is 11.1 Å². The molecule has 0 radical (unpaired) electrons. The van der Waals surface area contributed by atoms with Gasteiger partial charge in [0.1, 0.15) is 5.76 Å². The normalized spacial score (nSPS) is 10.4. The topological polar surface area (TPSA) is 88.6 Å². The maximum absolute atomic E-state index is 12.8. The molecule has 0 aliphatic heterocycles. The van der Waals surface area contributed by atoms with Crippen LogP contribution in [-0.2, 0) is 17.9 Å². The first-order valence-corrected chi connectivity index (χ1v) is 9.10. The van der Waals surface area contributed by atoms with Crippen LogP contribution >= 0.6 is 0 Å². The number of nitrogens with two attached hydrogens (primary N) is 1. The third-order valence-corrected chi connectivity index (χ3v) is 4.38. The van der Waals surface area contributed by atoms with Crippen LogP contribution in [0, 0.1) is 0 Å². The van der Waals surface area contributed by atoms with Gasteiger partial charge in [-0.15, -0.1) is 0 Å². The summed E-state index contributed by atoms with van der Waals surface area (Å²) in [6.07, 6.45) is 1.75. The van der Waals surface area contributed by atoms with E-state index in [0.717, 1.165) is 16.7 Å². The minimum atomic E-state index is -0.639. The number of carbonyl (C=O) groups excluding carboxylic acids is 2. The molecule has 0 bridgehead atoms. The van der Waals surface area contributed by atoms with Crippen LogP contribution in [0.1, 0.15) is 17.7 Å². The quantitative estimate of drug-likeness (QED) is 0.629. The van der Waals surface area contributed by atoms with Gasteiger partial charge < -0.3 is 20.4 Å². The van der Waals surface area contributed by atoms with E-state index in [1.165, 1.54) is 0 Å². The molecule has 0 aliphatic rings. The largest absolute Gasteiger partial charge is 0.467 e. The molecule has 6 nitrogen and oxygen atoms in total. The summed E-state index contributed by atoms with van der Waals surface area (Å²) in [6.45, 7) is 0.982. The predicted molar refractivity (Wildman–Crippen MR) is 107 cm³/mol. The van der Waals surface area contributed by atoms with Gasteiger partial charge in [0, 0.05) is 19.5 Å². The molecular formula is C22H23N3O3. The number of nitrogens with zero attached hydrogens (tertiary/aromatic N) is 1. The van der Waals surface area contributed by atoms with Gasteiger partial charge in [0.25, 0.3) is 0 Å². The van der Waals surface area contributed by atoms with Crippen molar-refractivity contribution in [2.75, 3.05) is 6.54 Å². The smallest absolute Gasteiger partial charge is 0.312 e. The Morgan fingerprint density at radius 1 is 0.929 bits per heavy atom. The highest BCUT2D eigenvalue weighted by atomic mass is 16.3. The first-order valence-electron chi connectivity index (χ1n) is 9.10. The summed E-state index contributed by atoms with van der Waals surface area (Å²) in [6, 6.07) is 21.1. The Morgan fingerprint density at radius 2 is 1.68 bits per heavy atom. The number of carbonyl (C=O) groups is 2. The van der Waals surface area contributed by atoms with Crippen molar-refractivity contribution in [3.8, 4) is 11.1 Å². The fourth-order valence-electron chi connectivity index (χ4n) is 3.04. The zero-order valence-corrected chi connectivity index (χ0v) is 15.5. The number of benzene rings is 2. The molecule has 2 aromatic carbocycles. The summed E-state index contributed by atoms with van der Waals surface area (Å²) in [4.78, 5) is 25.4. The minimum Gasteiger partial charge on any atom is -0.467 e. The maximum Gasteiger partial charge on any atom is 0.312 e. The molecule has 0 spiro atoms. The van der Waals surface area contributed by atoms with E-state index in [0.29, 0.717) is 18.8 Å². The molecule has 3 rings (SSSR count). The van der Waals surface area contributed by atoms with Crippen molar-refractivity contribution in [3.63, 3.8) is 0 Å². The maximum atomic E-state index is 12.8. The average molecular weight is 377 g/mol. The van der Waals surface area contributed by atoms with Gasteiger partial charge in [0.15, 0.2) is 0 Å². The molecule has 0 aliphatic carbocycles. The van der Waals surface area contributed by atoms with Crippen LogP contribution in [0.3, 0.4) is 0 Å². The number of rotatable bonds is 8. The SMILES string of the molecule is NC(=O)NCCC(=O)N(Cc1ccco1)Cc1ccccc1-c1ccccc1. The average Bonchev–Trinajstić information content (AvgIpc) is 3.21. The molecule has 0 saturated carbocycles. The number of hydrogen-bond acceptors (Lipinski definition) is 3. The molecule has 3 N–H and O–H groups in total. The van der Waals surface area contributed by atoms with Crippen molar-refractivity contribution < 1.29 is 14.0 Å². The van der Waals surface area contributed by atoms with Crippen molar-refractivity contribution in [3.05, 3.63) is 84.3 Å². The Hall–Kier alpha value is -3.54. The number of hydrogen-bond donors (Lipinski definition) is 2. The van der Waals surface area contributed by atoms with Gasteiger partial charge >= 0.3 is 6.03 Å². The Balaban J connectivity index is 1.81. The van der Waals surface area contributed by atoms with E-state index in [2.05, 4.69) is 11.4 Å². The summed E-state index contributed by atoms with van der Waals surface area (Å²) >= 11 is 0. The number of amides is 3. The second-order valence-corrected chi connectivity index (χ2v) is 6.39. The van der Waals surface area contributed by atoms with Crippen LogP contribution in [0.15, 0.2) is 77.4 Å².